The lowest BCUT2D eigenvalue weighted by atomic mass is 10.1. The van der Waals surface area contributed by atoms with E-state index in [1.165, 1.54) is 0 Å². The molecular weight excluding hydrogens is 170 g/mol. The summed E-state index contributed by atoms with van der Waals surface area (Å²) in [6.07, 6.45) is 1.39. The summed E-state index contributed by atoms with van der Waals surface area (Å²) in [6, 6.07) is 6.77. The predicted octanol–water partition coefficient (Wildman–Crippen LogP) is 2.18. The Morgan fingerprint density at radius 2 is 2.50 bits per heavy atom. The van der Waals surface area contributed by atoms with Crippen LogP contribution in [0.2, 0.25) is 0 Å². The molecule has 74 valence electrons. The zero-order chi connectivity index (χ0) is 17.9. The average molecular weight is 196 g/mol. The van der Waals surface area contributed by atoms with E-state index in [-0.39, 0.29) is 11.3 Å². The van der Waals surface area contributed by atoms with Crippen molar-refractivity contribution < 1.29 is 12.3 Å². The van der Waals surface area contributed by atoms with Gasteiger partial charge in [-0.2, -0.15) is 0 Å². The Morgan fingerprint density at radius 1 is 1.64 bits per heavy atom. The number of hydrogen-bond donors (Lipinski definition) is 0. The van der Waals surface area contributed by atoms with Crippen molar-refractivity contribution in [2.75, 3.05) is 13.5 Å². The van der Waals surface area contributed by atoms with E-state index in [4.69, 9.17) is 12.3 Å². The Labute approximate surface area is 99.4 Å². The van der Waals surface area contributed by atoms with Crippen molar-refractivity contribution in [2.24, 2.45) is 0 Å². The van der Waals surface area contributed by atoms with Gasteiger partial charge in [0.2, 0.25) is 0 Å². The molecule has 0 bridgehead atoms. The second-order valence-electron chi connectivity index (χ2n) is 2.81. The zero-order valence-electron chi connectivity index (χ0n) is 16.6. The number of likely N-dealkylation sites (N-methyl/N-ethyl adjacent to an activating group) is 1. The Hall–Kier alpha value is -1.26. The molecule has 0 saturated heterocycles. The second-order valence-corrected chi connectivity index (χ2v) is 2.81. The van der Waals surface area contributed by atoms with E-state index in [0.717, 1.165) is 0 Å². The molecule has 1 rings (SSSR count). The molecule has 1 aromatic carbocycles. The molecule has 0 spiro atoms. The Morgan fingerprint density at radius 3 is 3.14 bits per heavy atom. The summed E-state index contributed by atoms with van der Waals surface area (Å²) in [4.78, 5) is 0.265. The van der Waals surface area contributed by atoms with Gasteiger partial charge in [0.15, 0.2) is 0 Å². The van der Waals surface area contributed by atoms with Gasteiger partial charge in [0.25, 0.3) is 0 Å². The van der Waals surface area contributed by atoms with Crippen molar-refractivity contribution in [3.05, 3.63) is 35.9 Å². The highest BCUT2D eigenvalue weighted by Crippen LogP contribution is 2.06. The third-order valence-corrected chi connectivity index (χ3v) is 1.76. The molecule has 1 aromatic rings. The molecule has 0 aliphatic heterocycles. The highest BCUT2D eigenvalue weighted by Gasteiger charge is 2.07. The van der Waals surface area contributed by atoms with Crippen LogP contribution in [-0.4, -0.2) is 24.4 Å². The summed E-state index contributed by atoms with van der Waals surface area (Å²) in [7, 11) is 0. The van der Waals surface area contributed by atoms with Gasteiger partial charge in [0, 0.05) is 14.3 Å². The van der Waals surface area contributed by atoms with Gasteiger partial charge in [0.05, 0.1) is 9.24 Å². The molecule has 0 fully saturated rings. The Balaban J connectivity index is 3.36. The molecule has 1 atom stereocenters. The van der Waals surface area contributed by atoms with Crippen LogP contribution in [0.25, 0.3) is 0 Å². The third-order valence-electron chi connectivity index (χ3n) is 1.76. The van der Waals surface area contributed by atoms with Gasteiger partial charge in [0.1, 0.15) is 1.37 Å². The normalized spacial score (nSPS) is 24.2. The first-order valence-corrected chi connectivity index (χ1v) is 4.17. The Bertz CT molecular complexity index is 565. The van der Waals surface area contributed by atoms with E-state index >= 15 is 0 Å². The fourth-order valence-corrected chi connectivity index (χ4v) is 1.07. The van der Waals surface area contributed by atoms with Crippen molar-refractivity contribution in [3.8, 4) is 12.3 Å². The molecule has 0 aromatic heterocycles. The van der Waals surface area contributed by atoms with E-state index in [1.54, 1.807) is 36.7 Å². The fourth-order valence-electron chi connectivity index (χ4n) is 1.07. The molecule has 1 heteroatoms. The lowest BCUT2D eigenvalue weighted by molar-refractivity contribution is 0.287. The summed E-state index contributed by atoms with van der Waals surface area (Å²) in [5.41, 5.74) is 0.567. The van der Waals surface area contributed by atoms with Crippen molar-refractivity contribution >= 4 is 0 Å². The summed E-state index contributed by atoms with van der Waals surface area (Å²) in [5, 5.41) is 0. The van der Waals surface area contributed by atoms with Crippen LogP contribution in [0.4, 0.5) is 0 Å². The SMILES string of the molecule is [2H]C#CC([2H])([2H])N([C@@H](Cc1ccccc1)C([2H])([2H])[2H])C([2H])([2H])[2H]. The highest BCUT2D eigenvalue weighted by molar-refractivity contribution is 5.15. The first-order valence-electron chi connectivity index (χ1n) is 8.67. The molecule has 0 amide bonds. The summed E-state index contributed by atoms with van der Waals surface area (Å²) in [5.74, 6) is 1.83. The maximum Gasteiger partial charge on any atom is 0.124 e. The lowest BCUT2D eigenvalue weighted by Gasteiger charge is -2.22. The van der Waals surface area contributed by atoms with E-state index in [0.29, 0.717) is 5.56 Å². The summed E-state index contributed by atoms with van der Waals surface area (Å²) in [6.45, 7) is -8.55. The van der Waals surface area contributed by atoms with Gasteiger partial charge in [-0.3, -0.25) is 4.90 Å². The molecule has 0 saturated carbocycles. The molecule has 14 heavy (non-hydrogen) atoms. The summed E-state index contributed by atoms with van der Waals surface area (Å²) >= 11 is 0. The smallest absolute Gasteiger partial charge is 0.124 e. The van der Waals surface area contributed by atoms with Crippen LogP contribution in [0.5, 0.6) is 0 Å². The molecular formula is C13H17N. The third kappa shape index (κ3) is 3.24. The van der Waals surface area contributed by atoms with Crippen LogP contribution in [0.15, 0.2) is 30.3 Å². The molecule has 0 unspecified atom stereocenters. The fraction of sp³-hybridized carbons (Fsp3) is 0.385. The maximum absolute atomic E-state index is 7.80. The van der Waals surface area contributed by atoms with Crippen LogP contribution in [0.3, 0.4) is 0 Å². The quantitative estimate of drug-likeness (QED) is 0.667. The van der Waals surface area contributed by atoms with Crippen LogP contribution >= 0.6 is 0 Å². The number of nitrogens with zero attached hydrogens (tertiary/aromatic N) is 1. The zero-order valence-corrected chi connectivity index (χ0v) is 7.62. The van der Waals surface area contributed by atoms with Crippen LogP contribution in [0, 0.1) is 12.3 Å². The molecule has 1 nitrogen and oxygen atoms in total. The van der Waals surface area contributed by atoms with Gasteiger partial charge < -0.3 is 0 Å². The van der Waals surface area contributed by atoms with Gasteiger partial charge in [-0.15, -0.1) is 6.40 Å². The van der Waals surface area contributed by atoms with Gasteiger partial charge >= 0.3 is 0 Å². The highest BCUT2D eigenvalue weighted by atomic mass is 15.1. The number of rotatable bonds is 4. The average Bonchev–Trinajstić information content (AvgIpc) is 2.36. The van der Waals surface area contributed by atoms with Crippen LogP contribution in [0.1, 0.15) is 24.8 Å². The first kappa shape index (κ1) is 3.72. The number of hydrogen-bond acceptors (Lipinski definition) is 1. The van der Waals surface area contributed by atoms with E-state index in [2.05, 4.69) is 0 Å². The monoisotopic (exact) mass is 196 g/mol. The van der Waals surface area contributed by atoms with Gasteiger partial charge in [-0.05, 0) is 25.8 Å². The molecule has 0 N–H and O–H groups in total. The summed E-state index contributed by atoms with van der Waals surface area (Å²) < 4.78 is 68.0. The molecule has 0 radical (unpaired) electrons. The van der Waals surface area contributed by atoms with E-state index < -0.39 is 26.4 Å². The standard InChI is InChI=1S/C13H17N/c1-4-10-14(3)12(2)11-13-8-6-5-7-9-13/h1,5-9,12H,10-11H2,2-3H3/t12-/m1/s1/i1D,2D3,3D3,10D2. The van der Waals surface area contributed by atoms with Crippen LogP contribution < -0.4 is 0 Å². The number of benzene rings is 1. The molecule has 0 aliphatic rings. The Kier molecular flexibility index (Phi) is 1.45. The molecule has 0 aliphatic carbocycles. The lowest BCUT2D eigenvalue weighted by Crippen LogP contribution is -2.31. The largest absolute Gasteiger partial charge is 0.292 e. The minimum absolute atomic E-state index is 0.186. The second kappa shape index (κ2) is 5.47. The maximum atomic E-state index is 7.80. The number of terminal acetylenes is 1. The first-order chi connectivity index (χ1) is 10.4. The van der Waals surface area contributed by atoms with Gasteiger partial charge in [-0.1, -0.05) is 36.3 Å². The topological polar surface area (TPSA) is 3.24 Å². The minimum atomic E-state index is -3.03. The van der Waals surface area contributed by atoms with Gasteiger partial charge in [-0.25, -0.2) is 0 Å². The van der Waals surface area contributed by atoms with E-state index in [1.807, 2.05) is 5.92 Å². The van der Waals surface area contributed by atoms with Crippen molar-refractivity contribution in [1.82, 2.24) is 4.90 Å². The predicted molar refractivity (Wildman–Crippen MR) is 61.1 cm³/mol. The van der Waals surface area contributed by atoms with Crippen molar-refractivity contribution in [1.29, 1.82) is 0 Å². The van der Waals surface area contributed by atoms with Crippen LogP contribution in [-0.2, 0) is 6.42 Å². The van der Waals surface area contributed by atoms with Crippen molar-refractivity contribution in [2.45, 2.75) is 19.3 Å². The van der Waals surface area contributed by atoms with E-state index in [9.17, 15) is 0 Å². The van der Waals surface area contributed by atoms with Crippen molar-refractivity contribution in [3.63, 3.8) is 0 Å². The minimum Gasteiger partial charge on any atom is -0.292 e. The molecule has 0 heterocycles.